The molecular weight excluding hydrogens is 286 g/mol. The van der Waals surface area contributed by atoms with Crippen molar-refractivity contribution in [3.63, 3.8) is 0 Å². The predicted octanol–water partition coefficient (Wildman–Crippen LogP) is 0.500. The van der Waals surface area contributed by atoms with Gasteiger partial charge in [-0.05, 0) is 25.1 Å². The number of benzene rings is 1. The van der Waals surface area contributed by atoms with Crippen molar-refractivity contribution in [1.29, 1.82) is 0 Å². The van der Waals surface area contributed by atoms with E-state index in [1.54, 1.807) is 6.92 Å². The van der Waals surface area contributed by atoms with Gasteiger partial charge in [0.15, 0.2) is 0 Å². The number of rotatable bonds is 3. The third kappa shape index (κ3) is 2.77. The number of carboxylic acid groups (broad SMARTS) is 1. The van der Waals surface area contributed by atoms with Gasteiger partial charge in [0.2, 0.25) is 10.0 Å². The predicted molar refractivity (Wildman–Crippen MR) is 69.2 cm³/mol. The molecule has 1 heterocycles. The summed E-state index contributed by atoms with van der Waals surface area (Å²) < 4.78 is 31.4. The molecule has 1 aliphatic rings. The summed E-state index contributed by atoms with van der Waals surface area (Å²) in [6.07, 6.45) is -0.213. The number of hydrogen-bond donors (Lipinski definition) is 2. The molecule has 0 aromatic heterocycles. The molecule has 20 heavy (non-hydrogen) atoms. The third-order valence-corrected chi connectivity index (χ3v) is 4.90. The van der Waals surface area contributed by atoms with Gasteiger partial charge in [-0.3, -0.25) is 0 Å². The first-order valence-electron chi connectivity index (χ1n) is 6.00. The van der Waals surface area contributed by atoms with Crippen molar-refractivity contribution in [2.24, 2.45) is 0 Å². The topological polar surface area (TPSA) is 104 Å². The molecule has 1 saturated heterocycles. The van der Waals surface area contributed by atoms with Crippen molar-refractivity contribution >= 4 is 16.0 Å². The first-order valence-corrected chi connectivity index (χ1v) is 7.44. The van der Waals surface area contributed by atoms with Crippen LogP contribution in [0.3, 0.4) is 0 Å². The van der Waals surface area contributed by atoms with Crippen molar-refractivity contribution in [3.8, 4) is 5.75 Å². The van der Waals surface area contributed by atoms with Crippen LogP contribution in [-0.2, 0) is 14.8 Å². The monoisotopic (exact) mass is 301 g/mol. The highest BCUT2D eigenvalue weighted by Crippen LogP contribution is 2.24. The van der Waals surface area contributed by atoms with Crippen molar-refractivity contribution in [2.45, 2.75) is 17.9 Å². The minimum atomic E-state index is -3.79. The van der Waals surface area contributed by atoms with Crippen molar-refractivity contribution < 1.29 is 28.2 Å². The molecule has 0 bridgehead atoms. The molecule has 2 N–H and O–H groups in total. The summed E-state index contributed by atoms with van der Waals surface area (Å²) in [7, 11) is -3.79. The molecule has 0 spiro atoms. The van der Waals surface area contributed by atoms with E-state index >= 15 is 0 Å². The summed E-state index contributed by atoms with van der Waals surface area (Å²) in [4.78, 5) is 10.8. The average molecular weight is 301 g/mol. The molecule has 1 aliphatic heterocycles. The molecule has 1 fully saturated rings. The van der Waals surface area contributed by atoms with E-state index in [0.717, 1.165) is 12.1 Å². The lowest BCUT2D eigenvalue weighted by Crippen LogP contribution is -2.44. The minimum Gasteiger partial charge on any atom is -0.507 e. The Morgan fingerprint density at radius 2 is 2.15 bits per heavy atom. The number of ether oxygens (including phenoxy) is 1. The second kappa shape index (κ2) is 5.39. The van der Waals surface area contributed by atoms with Gasteiger partial charge in [0, 0.05) is 13.1 Å². The Kier molecular flexibility index (Phi) is 3.98. The summed E-state index contributed by atoms with van der Waals surface area (Å²) in [5.41, 5.74) is -0.438. The number of carbonyl (C=O) groups is 1. The van der Waals surface area contributed by atoms with E-state index in [2.05, 4.69) is 0 Å². The molecule has 2 rings (SSSR count). The number of sulfonamides is 1. The Balaban J connectivity index is 2.39. The average Bonchev–Trinajstić information content (AvgIpc) is 2.38. The summed E-state index contributed by atoms with van der Waals surface area (Å²) >= 11 is 0. The Morgan fingerprint density at radius 1 is 1.45 bits per heavy atom. The van der Waals surface area contributed by atoms with E-state index in [1.807, 2.05) is 0 Å². The van der Waals surface area contributed by atoms with Gasteiger partial charge in [0.25, 0.3) is 0 Å². The molecule has 1 aromatic carbocycles. The van der Waals surface area contributed by atoms with Crippen molar-refractivity contribution in [2.75, 3.05) is 19.7 Å². The Morgan fingerprint density at radius 3 is 2.75 bits per heavy atom. The number of morpholine rings is 1. The van der Waals surface area contributed by atoms with Crippen LogP contribution in [-0.4, -0.2) is 54.7 Å². The van der Waals surface area contributed by atoms with E-state index in [-0.39, 0.29) is 24.1 Å². The number of carboxylic acids is 1. The maximum atomic E-state index is 12.4. The van der Waals surface area contributed by atoms with E-state index in [9.17, 15) is 18.3 Å². The first-order chi connectivity index (χ1) is 9.32. The lowest BCUT2D eigenvalue weighted by molar-refractivity contribution is 0.0102. The SMILES string of the molecule is CC1CN(S(=O)(=O)c2ccc(O)c(C(=O)O)c2)CCO1. The fourth-order valence-electron chi connectivity index (χ4n) is 2.00. The largest absolute Gasteiger partial charge is 0.507 e. The fraction of sp³-hybridized carbons (Fsp3) is 0.417. The van der Waals surface area contributed by atoms with E-state index in [4.69, 9.17) is 9.84 Å². The van der Waals surface area contributed by atoms with Crippen LogP contribution < -0.4 is 0 Å². The molecule has 0 amide bonds. The third-order valence-electron chi connectivity index (χ3n) is 3.04. The van der Waals surface area contributed by atoms with E-state index < -0.39 is 27.3 Å². The van der Waals surface area contributed by atoms with Gasteiger partial charge in [0.05, 0.1) is 17.6 Å². The highest BCUT2D eigenvalue weighted by molar-refractivity contribution is 7.89. The number of nitrogens with zero attached hydrogens (tertiary/aromatic N) is 1. The van der Waals surface area contributed by atoms with Crippen LogP contribution in [0.2, 0.25) is 0 Å². The van der Waals surface area contributed by atoms with Crippen LogP contribution in [0.15, 0.2) is 23.1 Å². The number of aromatic carboxylic acids is 1. The molecule has 0 radical (unpaired) electrons. The van der Waals surface area contributed by atoms with Gasteiger partial charge in [0.1, 0.15) is 11.3 Å². The van der Waals surface area contributed by atoms with Crippen LogP contribution in [0.25, 0.3) is 0 Å². The van der Waals surface area contributed by atoms with Gasteiger partial charge in [-0.1, -0.05) is 0 Å². The lowest BCUT2D eigenvalue weighted by atomic mass is 10.2. The van der Waals surface area contributed by atoms with Gasteiger partial charge in [-0.15, -0.1) is 0 Å². The van der Waals surface area contributed by atoms with Crippen LogP contribution in [0.1, 0.15) is 17.3 Å². The second-order valence-electron chi connectivity index (χ2n) is 4.53. The molecule has 1 aromatic rings. The zero-order valence-electron chi connectivity index (χ0n) is 10.8. The molecule has 0 aliphatic carbocycles. The quantitative estimate of drug-likeness (QED) is 0.842. The van der Waals surface area contributed by atoms with Crippen LogP contribution in [0, 0.1) is 0 Å². The van der Waals surface area contributed by atoms with Gasteiger partial charge in [-0.2, -0.15) is 4.31 Å². The molecule has 7 nitrogen and oxygen atoms in total. The standard InChI is InChI=1S/C12H15NO6S/c1-8-7-13(4-5-19-8)20(17,18)9-2-3-11(14)10(6-9)12(15)16/h2-3,6,8,14H,4-5,7H2,1H3,(H,15,16). The maximum absolute atomic E-state index is 12.4. The lowest BCUT2D eigenvalue weighted by Gasteiger charge is -2.30. The van der Waals surface area contributed by atoms with Crippen LogP contribution >= 0.6 is 0 Å². The maximum Gasteiger partial charge on any atom is 0.339 e. The van der Waals surface area contributed by atoms with Gasteiger partial charge in [-0.25, -0.2) is 13.2 Å². The first kappa shape index (κ1) is 14.8. The highest BCUT2D eigenvalue weighted by Gasteiger charge is 2.30. The van der Waals surface area contributed by atoms with E-state index in [1.165, 1.54) is 10.4 Å². The molecule has 0 saturated carbocycles. The number of aromatic hydroxyl groups is 1. The van der Waals surface area contributed by atoms with Crippen LogP contribution in [0.4, 0.5) is 0 Å². The van der Waals surface area contributed by atoms with Crippen molar-refractivity contribution in [3.05, 3.63) is 23.8 Å². The highest BCUT2D eigenvalue weighted by atomic mass is 32.2. The summed E-state index contributed by atoms with van der Waals surface area (Å²) in [6.45, 7) is 2.49. The summed E-state index contributed by atoms with van der Waals surface area (Å²) in [5.74, 6) is -1.85. The van der Waals surface area contributed by atoms with Gasteiger partial charge < -0.3 is 14.9 Å². The zero-order valence-corrected chi connectivity index (χ0v) is 11.6. The van der Waals surface area contributed by atoms with Crippen molar-refractivity contribution in [1.82, 2.24) is 4.31 Å². The number of hydrogen-bond acceptors (Lipinski definition) is 5. The zero-order chi connectivity index (χ0) is 14.9. The molecular formula is C12H15NO6S. The molecule has 1 atom stereocenters. The smallest absolute Gasteiger partial charge is 0.339 e. The normalized spacial score (nSPS) is 20.8. The Labute approximate surface area is 116 Å². The summed E-state index contributed by atoms with van der Waals surface area (Å²) in [6, 6.07) is 3.23. The molecule has 8 heteroatoms. The van der Waals surface area contributed by atoms with E-state index in [0.29, 0.717) is 6.61 Å². The Hall–Kier alpha value is -1.64. The summed E-state index contributed by atoms with van der Waals surface area (Å²) in [5, 5.41) is 18.3. The fourth-order valence-corrected chi connectivity index (χ4v) is 3.53. The van der Waals surface area contributed by atoms with Gasteiger partial charge >= 0.3 is 5.97 Å². The number of phenols is 1. The van der Waals surface area contributed by atoms with Crippen LogP contribution in [0.5, 0.6) is 5.75 Å². The minimum absolute atomic E-state index is 0.151. The molecule has 1 unspecified atom stereocenters. The molecule has 110 valence electrons. The second-order valence-corrected chi connectivity index (χ2v) is 6.47. The Bertz CT molecular complexity index is 627.